The molecule has 2 amide bonds. The Hall–Kier alpha value is -2.76. The number of nitrogens with one attached hydrogen (secondary N) is 2. The maximum absolute atomic E-state index is 11.6. The second-order valence-electron chi connectivity index (χ2n) is 3.84. The van der Waals surface area contributed by atoms with Gasteiger partial charge in [0, 0.05) is 12.4 Å². The standard InChI is InChI=1S/C13H12N4O2/c1-9-5-7-15-11(8-9)17-13(19)12(18)16-10-4-2-3-6-14-10/h2-8H,1H3,(H,14,16,18)(H,15,17,19). The fourth-order valence-corrected chi connectivity index (χ4v) is 1.39. The summed E-state index contributed by atoms with van der Waals surface area (Å²) in [5.41, 5.74) is 0.940. The van der Waals surface area contributed by atoms with Crippen molar-refractivity contribution in [2.75, 3.05) is 10.6 Å². The fourth-order valence-electron chi connectivity index (χ4n) is 1.39. The van der Waals surface area contributed by atoms with E-state index in [9.17, 15) is 9.59 Å². The molecule has 0 aliphatic heterocycles. The van der Waals surface area contributed by atoms with Crippen molar-refractivity contribution in [2.45, 2.75) is 6.92 Å². The summed E-state index contributed by atoms with van der Waals surface area (Å²) in [6.07, 6.45) is 3.08. The Labute approximate surface area is 109 Å². The molecule has 0 aliphatic rings. The molecule has 0 spiro atoms. The number of aryl methyl sites for hydroxylation is 1. The molecule has 96 valence electrons. The largest absolute Gasteiger partial charge is 0.315 e. The lowest BCUT2D eigenvalue weighted by Crippen LogP contribution is -2.29. The second kappa shape index (κ2) is 5.72. The minimum atomic E-state index is -0.790. The number of carbonyl (C=O) groups is 2. The van der Waals surface area contributed by atoms with E-state index >= 15 is 0 Å². The first-order chi connectivity index (χ1) is 9.15. The Kier molecular flexibility index (Phi) is 3.82. The van der Waals surface area contributed by atoms with Crippen molar-refractivity contribution < 1.29 is 9.59 Å². The average molecular weight is 256 g/mol. The number of hydrogen-bond acceptors (Lipinski definition) is 4. The lowest BCUT2D eigenvalue weighted by Gasteiger charge is -2.05. The monoisotopic (exact) mass is 256 g/mol. The van der Waals surface area contributed by atoms with Gasteiger partial charge in [0.1, 0.15) is 11.6 Å². The van der Waals surface area contributed by atoms with Gasteiger partial charge in [-0.25, -0.2) is 9.97 Å². The Morgan fingerprint density at radius 3 is 2.26 bits per heavy atom. The van der Waals surface area contributed by atoms with Gasteiger partial charge in [-0.2, -0.15) is 0 Å². The highest BCUT2D eigenvalue weighted by molar-refractivity contribution is 6.43. The molecule has 0 radical (unpaired) electrons. The van der Waals surface area contributed by atoms with Gasteiger partial charge in [-0.1, -0.05) is 6.07 Å². The van der Waals surface area contributed by atoms with Gasteiger partial charge < -0.3 is 10.6 Å². The van der Waals surface area contributed by atoms with Crippen LogP contribution in [0.3, 0.4) is 0 Å². The molecule has 2 aromatic heterocycles. The van der Waals surface area contributed by atoms with E-state index in [1.54, 1.807) is 36.5 Å². The van der Waals surface area contributed by atoms with Gasteiger partial charge in [-0.15, -0.1) is 0 Å². The SMILES string of the molecule is Cc1ccnc(NC(=O)C(=O)Nc2ccccn2)c1. The highest BCUT2D eigenvalue weighted by atomic mass is 16.2. The van der Waals surface area contributed by atoms with Crippen LogP contribution in [0.4, 0.5) is 11.6 Å². The molecule has 0 saturated heterocycles. The Bertz CT molecular complexity index is 599. The molecule has 0 atom stereocenters. The third kappa shape index (κ3) is 3.60. The van der Waals surface area contributed by atoms with Gasteiger partial charge in [0.05, 0.1) is 0 Å². The van der Waals surface area contributed by atoms with E-state index in [-0.39, 0.29) is 0 Å². The first-order valence-corrected chi connectivity index (χ1v) is 5.61. The van der Waals surface area contributed by atoms with Gasteiger partial charge in [-0.3, -0.25) is 9.59 Å². The van der Waals surface area contributed by atoms with Crippen molar-refractivity contribution in [2.24, 2.45) is 0 Å². The number of anilines is 2. The minimum absolute atomic E-state index is 0.319. The van der Waals surface area contributed by atoms with E-state index in [1.165, 1.54) is 6.20 Å². The van der Waals surface area contributed by atoms with Crippen LogP contribution in [-0.4, -0.2) is 21.8 Å². The summed E-state index contributed by atoms with van der Waals surface area (Å²) < 4.78 is 0. The number of pyridine rings is 2. The number of rotatable bonds is 2. The first-order valence-electron chi connectivity index (χ1n) is 5.61. The van der Waals surface area contributed by atoms with Crippen LogP contribution in [0.25, 0.3) is 0 Å². The van der Waals surface area contributed by atoms with Crippen LogP contribution in [0.1, 0.15) is 5.56 Å². The van der Waals surface area contributed by atoms with Crippen LogP contribution in [0.15, 0.2) is 42.7 Å². The van der Waals surface area contributed by atoms with Crippen LogP contribution in [0.5, 0.6) is 0 Å². The van der Waals surface area contributed by atoms with Crippen molar-refractivity contribution in [3.05, 3.63) is 48.3 Å². The number of amides is 2. The van der Waals surface area contributed by atoms with E-state index < -0.39 is 11.8 Å². The summed E-state index contributed by atoms with van der Waals surface area (Å²) in [7, 11) is 0. The summed E-state index contributed by atoms with van der Waals surface area (Å²) in [6, 6.07) is 8.49. The summed E-state index contributed by atoms with van der Waals surface area (Å²) in [5, 5.41) is 4.80. The van der Waals surface area contributed by atoms with E-state index in [1.807, 2.05) is 6.92 Å². The molecule has 6 heteroatoms. The van der Waals surface area contributed by atoms with Crippen molar-refractivity contribution in [1.29, 1.82) is 0 Å². The molecule has 0 fully saturated rings. The third-order valence-electron chi connectivity index (χ3n) is 2.27. The lowest BCUT2D eigenvalue weighted by molar-refractivity contribution is -0.133. The number of carbonyl (C=O) groups excluding carboxylic acids is 2. The topological polar surface area (TPSA) is 84.0 Å². The highest BCUT2D eigenvalue weighted by Gasteiger charge is 2.14. The van der Waals surface area contributed by atoms with Crippen molar-refractivity contribution in [3.63, 3.8) is 0 Å². The van der Waals surface area contributed by atoms with E-state index in [4.69, 9.17) is 0 Å². The van der Waals surface area contributed by atoms with Gasteiger partial charge >= 0.3 is 11.8 Å². The molecule has 2 aromatic rings. The number of hydrogen-bond donors (Lipinski definition) is 2. The van der Waals surface area contributed by atoms with Gasteiger partial charge in [0.15, 0.2) is 0 Å². The Balaban J connectivity index is 1.98. The number of nitrogens with zero attached hydrogens (tertiary/aromatic N) is 2. The first kappa shape index (κ1) is 12.7. The van der Waals surface area contributed by atoms with Crippen LogP contribution in [-0.2, 0) is 9.59 Å². The second-order valence-corrected chi connectivity index (χ2v) is 3.84. The molecule has 19 heavy (non-hydrogen) atoms. The molecule has 0 aliphatic carbocycles. The van der Waals surface area contributed by atoms with E-state index in [0.717, 1.165) is 5.56 Å². The summed E-state index contributed by atoms with van der Waals surface area (Å²) in [4.78, 5) is 31.1. The van der Waals surface area contributed by atoms with Crippen LogP contribution in [0.2, 0.25) is 0 Å². The van der Waals surface area contributed by atoms with Crippen LogP contribution >= 0.6 is 0 Å². The van der Waals surface area contributed by atoms with Gasteiger partial charge in [0.2, 0.25) is 0 Å². The number of aromatic nitrogens is 2. The zero-order valence-electron chi connectivity index (χ0n) is 10.3. The van der Waals surface area contributed by atoms with E-state index in [2.05, 4.69) is 20.6 Å². The molecular weight excluding hydrogens is 244 g/mol. The Morgan fingerprint density at radius 2 is 1.63 bits per heavy atom. The fraction of sp³-hybridized carbons (Fsp3) is 0.0769. The molecule has 0 bridgehead atoms. The Morgan fingerprint density at radius 1 is 0.947 bits per heavy atom. The molecule has 2 rings (SSSR count). The average Bonchev–Trinajstić information content (AvgIpc) is 2.40. The zero-order valence-corrected chi connectivity index (χ0v) is 10.3. The zero-order chi connectivity index (χ0) is 13.7. The normalized spacial score (nSPS) is 9.74. The maximum atomic E-state index is 11.6. The summed E-state index contributed by atoms with van der Waals surface area (Å²) in [5.74, 6) is -0.924. The van der Waals surface area contributed by atoms with Crippen LogP contribution < -0.4 is 10.6 Å². The lowest BCUT2D eigenvalue weighted by atomic mass is 10.3. The molecule has 0 saturated carbocycles. The summed E-state index contributed by atoms with van der Waals surface area (Å²) >= 11 is 0. The smallest absolute Gasteiger partial charge is 0.302 e. The van der Waals surface area contributed by atoms with Crippen molar-refractivity contribution in [3.8, 4) is 0 Å². The molecular formula is C13H12N4O2. The molecule has 2 heterocycles. The predicted octanol–water partition coefficient (Wildman–Crippen LogP) is 1.36. The molecule has 0 aromatic carbocycles. The van der Waals surface area contributed by atoms with E-state index in [0.29, 0.717) is 11.6 Å². The third-order valence-corrected chi connectivity index (χ3v) is 2.27. The molecule has 6 nitrogen and oxygen atoms in total. The van der Waals surface area contributed by atoms with Gasteiger partial charge in [0.25, 0.3) is 0 Å². The molecule has 0 unspecified atom stereocenters. The van der Waals surface area contributed by atoms with Crippen molar-refractivity contribution in [1.82, 2.24) is 9.97 Å². The quantitative estimate of drug-likeness (QED) is 0.795. The maximum Gasteiger partial charge on any atom is 0.315 e. The van der Waals surface area contributed by atoms with Gasteiger partial charge in [-0.05, 0) is 36.8 Å². The van der Waals surface area contributed by atoms with Crippen molar-refractivity contribution >= 4 is 23.5 Å². The van der Waals surface area contributed by atoms with Crippen LogP contribution in [0, 0.1) is 6.92 Å². The minimum Gasteiger partial charge on any atom is -0.302 e. The highest BCUT2D eigenvalue weighted by Crippen LogP contribution is 2.05. The molecule has 2 N–H and O–H groups in total. The summed E-state index contributed by atoms with van der Waals surface area (Å²) in [6.45, 7) is 1.87. The predicted molar refractivity (Wildman–Crippen MR) is 70.5 cm³/mol.